The predicted octanol–water partition coefficient (Wildman–Crippen LogP) is 9.86. The minimum atomic E-state index is -0.0247. The predicted molar refractivity (Wildman–Crippen MR) is 189 cm³/mol. The Morgan fingerprint density at radius 2 is 1.80 bits per heavy atom. The summed E-state index contributed by atoms with van der Waals surface area (Å²) in [5.41, 5.74) is 15.4. The van der Waals surface area contributed by atoms with Crippen LogP contribution in [0.4, 0.5) is 0 Å². The number of hydrogen-bond acceptors (Lipinski definition) is 3. The first-order valence-corrected chi connectivity index (χ1v) is 16.4. The molecule has 44 heavy (non-hydrogen) atoms. The van der Waals surface area contributed by atoms with E-state index in [0.717, 1.165) is 19.3 Å². The lowest BCUT2D eigenvalue weighted by Gasteiger charge is -2.23. The average Bonchev–Trinajstić information content (AvgIpc) is 3.62. The van der Waals surface area contributed by atoms with E-state index in [4.69, 9.17) is 5.73 Å². The summed E-state index contributed by atoms with van der Waals surface area (Å²) in [5, 5.41) is 7.86. The number of rotatable bonds is 7. The van der Waals surface area contributed by atoms with Gasteiger partial charge in [0.05, 0.1) is 18.2 Å². The summed E-state index contributed by atoms with van der Waals surface area (Å²) in [4.78, 5) is 0. The molecule has 8 rings (SSSR count). The fourth-order valence-electron chi connectivity index (χ4n) is 7.07. The van der Waals surface area contributed by atoms with Crippen molar-refractivity contribution in [1.82, 2.24) is 9.88 Å². The molecule has 2 aromatic heterocycles. The van der Waals surface area contributed by atoms with Crippen LogP contribution in [0, 0.1) is 0 Å². The van der Waals surface area contributed by atoms with E-state index in [2.05, 4.69) is 137 Å². The molecule has 216 valence electrons. The summed E-state index contributed by atoms with van der Waals surface area (Å²) >= 11 is 1.86. The second kappa shape index (κ2) is 11.5. The molecule has 0 amide bonds. The number of thiophene rings is 1. The molecule has 6 aromatic rings. The van der Waals surface area contributed by atoms with Crippen LogP contribution in [0.1, 0.15) is 52.7 Å². The third kappa shape index (κ3) is 4.71. The standard InChI is InChI=1S/C40H35N3S/c41-23-22-36(35-16-9-15-34-33-14-7-8-17-39(33)44-40(34)35)42-26-43-37-24-29(27-10-3-1-4-11-27)18-20-31(37)32-21-19-30(25-38(32)43)28-12-5-2-6-13-28/h1-5,7-12,14-23,25,29,36,42H,6,13,24,26,41H2/b23-22-. The van der Waals surface area contributed by atoms with Gasteiger partial charge in [-0.05, 0) is 65.9 Å². The van der Waals surface area contributed by atoms with Crippen molar-refractivity contribution in [2.75, 3.05) is 0 Å². The molecule has 2 unspecified atom stereocenters. The van der Waals surface area contributed by atoms with E-state index in [-0.39, 0.29) is 6.04 Å². The number of fused-ring (bicyclic) bond motifs is 6. The maximum atomic E-state index is 6.08. The van der Waals surface area contributed by atoms with Crippen LogP contribution in [-0.2, 0) is 13.1 Å². The van der Waals surface area contributed by atoms with Crippen molar-refractivity contribution in [3.63, 3.8) is 0 Å². The first-order chi connectivity index (χ1) is 21.8. The molecule has 0 aliphatic heterocycles. The summed E-state index contributed by atoms with van der Waals surface area (Å²) in [6.07, 6.45) is 18.4. The minimum absolute atomic E-state index is 0.0247. The summed E-state index contributed by atoms with van der Waals surface area (Å²) in [6.45, 7) is 0.680. The summed E-state index contributed by atoms with van der Waals surface area (Å²) in [5.74, 6) is 0.351. The molecule has 2 aliphatic rings. The fourth-order valence-corrected chi connectivity index (χ4v) is 8.33. The highest BCUT2D eigenvalue weighted by atomic mass is 32.1. The fraction of sp³-hybridized carbons (Fsp3) is 0.150. The number of nitrogens with zero attached hydrogens (tertiary/aromatic N) is 1. The SMILES string of the molecule is N/C=C\C(NCn1c2c(c3ccc(C4=CC=CCC4)cc31)C=CC(c1ccccc1)C2)c1cccc2c1sc1ccccc12. The molecule has 3 nitrogen and oxygen atoms in total. The van der Waals surface area contributed by atoms with Gasteiger partial charge in [0, 0.05) is 42.7 Å². The van der Waals surface area contributed by atoms with Crippen LogP contribution < -0.4 is 11.1 Å². The lowest BCUT2D eigenvalue weighted by Crippen LogP contribution is -2.25. The molecule has 0 spiro atoms. The highest BCUT2D eigenvalue weighted by Gasteiger charge is 2.24. The van der Waals surface area contributed by atoms with Crippen molar-refractivity contribution in [2.45, 2.75) is 37.9 Å². The van der Waals surface area contributed by atoms with E-state index in [1.807, 2.05) is 11.3 Å². The van der Waals surface area contributed by atoms with E-state index < -0.39 is 0 Å². The topological polar surface area (TPSA) is 43.0 Å². The molecule has 2 heterocycles. The molecule has 2 atom stereocenters. The van der Waals surface area contributed by atoms with E-state index in [1.54, 1.807) is 6.20 Å². The van der Waals surface area contributed by atoms with Crippen molar-refractivity contribution in [1.29, 1.82) is 0 Å². The van der Waals surface area contributed by atoms with Crippen molar-refractivity contribution in [3.8, 4) is 0 Å². The molecular formula is C40H35N3S. The molecule has 0 bridgehead atoms. The maximum Gasteiger partial charge on any atom is 0.0736 e. The number of aromatic nitrogens is 1. The van der Waals surface area contributed by atoms with Crippen molar-refractivity contribution >= 4 is 54.1 Å². The molecule has 2 aliphatic carbocycles. The molecular weight excluding hydrogens is 555 g/mol. The molecule has 4 aromatic carbocycles. The summed E-state index contributed by atoms with van der Waals surface area (Å²) < 4.78 is 5.15. The van der Waals surface area contributed by atoms with Crippen LogP contribution in [0.25, 0.3) is 42.7 Å². The van der Waals surface area contributed by atoms with Crippen molar-refractivity contribution < 1.29 is 0 Å². The monoisotopic (exact) mass is 589 g/mol. The molecule has 3 N–H and O–H groups in total. The molecule has 0 saturated heterocycles. The number of hydrogen-bond donors (Lipinski definition) is 2. The highest BCUT2D eigenvalue weighted by molar-refractivity contribution is 7.26. The van der Waals surface area contributed by atoms with Gasteiger partial charge in [-0.3, -0.25) is 5.32 Å². The zero-order valence-electron chi connectivity index (χ0n) is 24.6. The van der Waals surface area contributed by atoms with E-state index >= 15 is 0 Å². The van der Waals surface area contributed by atoms with Crippen LogP contribution in [-0.4, -0.2) is 4.57 Å². The van der Waals surface area contributed by atoms with E-state index in [9.17, 15) is 0 Å². The molecule has 0 saturated carbocycles. The Hall–Kier alpha value is -4.64. The molecule has 0 fully saturated rings. The van der Waals surface area contributed by atoms with E-state index in [0.29, 0.717) is 12.6 Å². The molecule has 0 radical (unpaired) electrons. The summed E-state index contributed by atoms with van der Waals surface area (Å²) in [7, 11) is 0. The third-order valence-electron chi connectivity index (χ3n) is 9.28. The van der Waals surface area contributed by atoms with Crippen LogP contribution in [0.15, 0.2) is 128 Å². The maximum absolute atomic E-state index is 6.08. The van der Waals surface area contributed by atoms with Gasteiger partial charge in [-0.25, -0.2) is 0 Å². The summed E-state index contributed by atoms with van der Waals surface area (Å²) in [6, 6.07) is 33.3. The number of benzene rings is 4. The van der Waals surface area contributed by atoms with Crippen molar-refractivity contribution in [3.05, 3.63) is 156 Å². The Balaban J connectivity index is 1.22. The number of allylic oxidation sites excluding steroid dienone is 5. The zero-order valence-corrected chi connectivity index (χ0v) is 25.4. The van der Waals surface area contributed by atoms with Gasteiger partial charge in [-0.1, -0.05) is 109 Å². The largest absolute Gasteiger partial charge is 0.405 e. The first-order valence-electron chi connectivity index (χ1n) is 15.5. The Kier molecular flexibility index (Phi) is 7.02. The quantitative estimate of drug-likeness (QED) is 0.195. The number of nitrogens with two attached hydrogens (primary N) is 1. The number of nitrogens with one attached hydrogen (secondary N) is 1. The lowest BCUT2D eigenvalue weighted by molar-refractivity contribution is 0.513. The van der Waals surface area contributed by atoms with Crippen LogP contribution >= 0.6 is 11.3 Å². The minimum Gasteiger partial charge on any atom is -0.405 e. The second-order valence-electron chi connectivity index (χ2n) is 11.8. The normalized spacial score (nSPS) is 17.1. The van der Waals surface area contributed by atoms with Gasteiger partial charge < -0.3 is 10.3 Å². The highest BCUT2D eigenvalue weighted by Crippen LogP contribution is 2.40. The third-order valence-corrected chi connectivity index (χ3v) is 10.5. The van der Waals surface area contributed by atoms with Gasteiger partial charge in [0.15, 0.2) is 0 Å². The molecule has 4 heteroatoms. The van der Waals surface area contributed by atoms with Gasteiger partial charge in [-0.2, -0.15) is 0 Å². The van der Waals surface area contributed by atoms with Gasteiger partial charge in [0.2, 0.25) is 0 Å². The van der Waals surface area contributed by atoms with Gasteiger partial charge in [-0.15, -0.1) is 11.3 Å². The smallest absolute Gasteiger partial charge is 0.0736 e. The zero-order chi connectivity index (χ0) is 29.5. The van der Waals surface area contributed by atoms with Gasteiger partial charge in [0.1, 0.15) is 0 Å². The Labute approximate surface area is 262 Å². The van der Waals surface area contributed by atoms with Gasteiger partial charge >= 0.3 is 0 Å². The van der Waals surface area contributed by atoms with E-state index in [1.165, 1.54) is 64.6 Å². The van der Waals surface area contributed by atoms with Crippen LogP contribution in [0.3, 0.4) is 0 Å². The lowest BCUT2D eigenvalue weighted by atomic mass is 9.88. The Bertz CT molecular complexity index is 2120. The van der Waals surface area contributed by atoms with Crippen LogP contribution in [0.5, 0.6) is 0 Å². The first kappa shape index (κ1) is 26.9. The van der Waals surface area contributed by atoms with Gasteiger partial charge in [0.25, 0.3) is 0 Å². The average molecular weight is 590 g/mol. The van der Waals surface area contributed by atoms with Crippen molar-refractivity contribution in [2.24, 2.45) is 5.73 Å². The van der Waals surface area contributed by atoms with Crippen LogP contribution in [0.2, 0.25) is 0 Å². The Morgan fingerprint density at radius 3 is 2.66 bits per heavy atom. The Morgan fingerprint density at radius 1 is 0.932 bits per heavy atom. The second-order valence-corrected chi connectivity index (χ2v) is 12.9.